The number of nitrogens with zero attached hydrogens (tertiary/aromatic N) is 2. The monoisotopic (exact) mass is 298 g/mol. The van der Waals surface area contributed by atoms with Gasteiger partial charge in [0.2, 0.25) is 9.84 Å². The summed E-state index contributed by atoms with van der Waals surface area (Å²) < 4.78 is 25.3. The summed E-state index contributed by atoms with van der Waals surface area (Å²) in [5.74, 6) is 0. The van der Waals surface area contributed by atoms with Gasteiger partial charge < -0.3 is 0 Å². The molecule has 7 heteroatoms. The molecular weight excluding hydrogens is 288 g/mol. The Kier molecular flexibility index (Phi) is 4.07. The van der Waals surface area contributed by atoms with Crippen molar-refractivity contribution in [2.24, 2.45) is 0 Å². The largest absolute Gasteiger partial charge is 0.291 e. The number of nitriles is 2. The molecule has 0 fully saturated rings. The van der Waals surface area contributed by atoms with Gasteiger partial charge in [-0.3, -0.25) is 10.6 Å². The highest BCUT2D eigenvalue weighted by Gasteiger charge is 2.23. The van der Waals surface area contributed by atoms with E-state index in [-0.39, 0.29) is 21.2 Å². The standard InChI is InChI=1S/C14H10N4O2S/c15-9-17-12-7-4-8-13(14(12)18-10-16)21(19,20)11-5-2-1-3-6-11/h1-8,17-18H. The Labute approximate surface area is 122 Å². The third-order valence-electron chi connectivity index (χ3n) is 2.74. The van der Waals surface area contributed by atoms with Gasteiger partial charge in [-0.1, -0.05) is 24.3 Å². The van der Waals surface area contributed by atoms with Crippen LogP contribution in [0.15, 0.2) is 58.3 Å². The molecule has 0 spiro atoms. The number of rotatable bonds is 4. The highest BCUT2D eigenvalue weighted by Crippen LogP contribution is 2.33. The number of anilines is 2. The molecule has 0 heterocycles. The van der Waals surface area contributed by atoms with E-state index < -0.39 is 9.84 Å². The van der Waals surface area contributed by atoms with E-state index in [1.165, 1.54) is 30.3 Å². The topological polar surface area (TPSA) is 106 Å². The lowest BCUT2D eigenvalue weighted by molar-refractivity contribution is 0.596. The lowest BCUT2D eigenvalue weighted by Gasteiger charge is -2.12. The predicted octanol–water partition coefficient (Wildman–Crippen LogP) is 2.31. The summed E-state index contributed by atoms with van der Waals surface area (Å²) in [6.07, 6.45) is 3.39. The molecule has 0 aromatic heterocycles. The van der Waals surface area contributed by atoms with E-state index in [2.05, 4.69) is 10.6 Å². The fourth-order valence-electron chi connectivity index (χ4n) is 1.83. The molecule has 0 bridgehead atoms. The Hall–Kier alpha value is -3.03. The van der Waals surface area contributed by atoms with Crippen LogP contribution in [0.3, 0.4) is 0 Å². The van der Waals surface area contributed by atoms with Crippen molar-refractivity contribution in [2.75, 3.05) is 10.6 Å². The Morgan fingerprint density at radius 1 is 0.857 bits per heavy atom. The molecule has 0 atom stereocenters. The second kappa shape index (κ2) is 5.95. The molecule has 6 nitrogen and oxygen atoms in total. The summed E-state index contributed by atoms with van der Waals surface area (Å²) in [4.78, 5) is 0.0376. The maximum absolute atomic E-state index is 12.6. The van der Waals surface area contributed by atoms with Crippen molar-refractivity contribution < 1.29 is 8.42 Å². The van der Waals surface area contributed by atoms with Crippen molar-refractivity contribution in [3.8, 4) is 12.4 Å². The van der Waals surface area contributed by atoms with Crippen molar-refractivity contribution >= 4 is 21.2 Å². The smallest absolute Gasteiger partial charge is 0.208 e. The third kappa shape index (κ3) is 2.78. The Morgan fingerprint density at radius 2 is 1.52 bits per heavy atom. The van der Waals surface area contributed by atoms with Gasteiger partial charge in [-0.2, -0.15) is 10.5 Å². The van der Waals surface area contributed by atoms with Gasteiger partial charge in [0.1, 0.15) is 0 Å². The fourth-order valence-corrected chi connectivity index (χ4v) is 3.29. The van der Waals surface area contributed by atoms with Crippen LogP contribution >= 0.6 is 0 Å². The van der Waals surface area contributed by atoms with Gasteiger partial charge >= 0.3 is 0 Å². The zero-order valence-corrected chi connectivity index (χ0v) is 11.6. The molecule has 21 heavy (non-hydrogen) atoms. The van der Waals surface area contributed by atoms with Crippen molar-refractivity contribution in [1.82, 2.24) is 0 Å². The van der Waals surface area contributed by atoms with Gasteiger partial charge in [0.05, 0.1) is 21.2 Å². The van der Waals surface area contributed by atoms with Crippen LogP contribution in [0.2, 0.25) is 0 Å². The van der Waals surface area contributed by atoms with Gasteiger partial charge in [-0.15, -0.1) is 0 Å². The number of benzene rings is 2. The van der Waals surface area contributed by atoms with Gasteiger partial charge in [0, 0.05) is 0 Å². The predicted molar refractivity (Wildman–Crippen MR) is 76.8 cm³/mol. The molecule has 0 aliphatic heterocycles. The highest BCUT2D eigenvalue weighted by atomic mass is 32.2. The lowest BCUT2D eigenvalue weighted by atomic mass is 10.2. The summed E-state index contributed by atoms with van der Waals surface area (Å²) in [7, 11) is -3.80. The van der Waals surface area contributed by atoms with Gasteiger partial charge in [-0.05, 0) is 24.3 Å². The first kappa shape index (κ1) is 14.4. The number of nitrogens with one attached hydrogen (secondary N) is 2. The highest BCUT2D eigenvalue weighted by molar-refractivity contribution is 7.91. The van der Waals surface area contributed by atoms with Gasteiger partial charge in [0.15, 0.2) is 12.4 Å². The van der Waals surface area contributed by atoms with Crippen LogP contribution in [0.5, 0.6) is 0 Å². The van der Waals surface area contributed by atoms with Crippen molar-refractivity contribution in [2.45, 2.75) is 9.79 Å². The number of para-hydroxylation sites is 1. The number of sulfone groups is 1. The average Bonchev–Trinajstić information content (AvgIpc) is 2.50. The van der Waals surface area contributed by atoms with E-state index in [0.29, 0.717) is 0 Å². The normalized spacial score (nSPS) is 10.2. The second-order valence-electron chi connectivity index (χ2n) is 3.97. The number of hydrogen-bond donors (Lipinski definition) is 2. The first-order chi connectivity index (χ1) is 10.1. The van der Waals surface area contributed by atoms with E-state index in [0.717, 1.165) is 0 Å². The Bertz CT molecular complexity index is 834. The van der Waals surface area contributed by atoms with Crippen LogP contribution in [0.1, 0.15) is 0 Å². The lowest BCUT2D eigenvalue weighted by Crippen LogP contribution is -2.07. The molecule has 0 radical (unpaired) electrons. The number of hydrogen-bond acceptors (Lipinski definition) is 6. The average molecular weight is 298 g/mol. The summed E-state index contributed by atoms with van der Waals surface area (Å²) >= 11 is 0. The molecular formula is C14H10N4O2S. The minimum atomic E-state index is -3.80. The fraction of sp³-hybridized carbons (Fsp3) is 0. The minimum Gasteiger partial charge on any atom is -0.291 e. The molecule has 2 aromatic rings. The van der Waals surface area contributed by atoms with E-state index >= 15 is 0 Å². The SMILES string of the molecule is N#CNc1cccc(S(=O)(=O)c2ccccc2)c1NC#N. The van der Waals surface area contributed by atoms with Crippen LogP contribution in [0.25, 0.3) is 0 Å². The summed E-state index contributed by atoms with van der Waals surface area (Å²) in [6.45, 7) is 0. The summed E-state index contributed by atoms with van der Waals surface area (Å²) in [5, 5.41) is 22.2. The quantitative estimate of drug-likeness (QED) is 0.662. The first-order valence-electron chi connectivity index (χ1n) is 5.84. The maximum Gasteiger partial charge on any atom is 0.208 e. The molecule has 0 saturated carbocycles. The van der Waals surface area contributed by atoms with Crippen molar-refractivity contribution in [1.29, 1.82) is 10.5 Å². The molecule has 0 aliphatic carbocycles. The Morgan fingerprint density at radius 3 is 2.14 bits per heavy atom. The molecule has 0 amide bonds. The van der Waals surface area contributed by atoms with E-state index in [1.807, 2.05) is 0 Å². The minimum absolute atomic E-state index is 0.0467. The molecule has 104 valence electrons. The molecule has 2 rings (SSSR count). The van der Waals surface area contributed by atoms with E-state index in [4.69, 9.17) is 10.5 Å². The molecule has 0 aliphatic rings. The zero-order chi connectivity index (χ0) is 15.3. The van der Waals surface area contributed by atoms with Crippen LogP contribution in [0, 0.1) is 22.9 Å². The second-order valence-corrected chi connectivity index (χ2v) is 5.89. The molecule has 2 N–H and O–H groups in total. The summed E-state index contributed by atoms with van der Waals surface area (Å²) in [6, 6.07) is 12.3. The van der Waals surface area contributed by atoms with Crippen LogP contribution in [-0.2, 0) is 9.84 Å². The van der Waals surface area contributed by atoms with Gasteiger partial charge in [0.25, 0.3) is 0 Å². The Balaban J connectivity index is 2.67. The van der Waals surface area contributed by atoms with Crippen molar-refractivity contribution in [3.05, 3.63) is 48.5 Å². The molecule has 0 saturated heterocycles. The summed E-state index contributed by atoms with van der Waals surface area (Å²) in [5.41, 5.74) is 0.265. The van der Waals surface area contributed by atoms with Crippen molar-refractivity contribution in [3.63, 3.8) is 0 Å². The van der Waals surface area contributed by atoms with Crippen LogP contribution in [0.4, 0.5) is 11.4 Å². The molecule has 2 aromatic carbocycles. The van der Waals surface area contributed by atoms with E-state index in [1.54, 1.807) is 30.6 Å². The first-order valence-corrected chi connectivity index (χ1v) is 7.33. The third-order valence-corrected chi connectivity index (χ3v) is 4.55. The van der Waals surface area contributed by atoms with E-state index in [9.17, 15) is 8.42 Å². The maximum atomic E-state index is 12.6. The van der Waals surface area contributed by atoms with Crippen LogP contribution < -0.4 is 10.6 Å². The van der Waals surface area contributed by atoms with Crippen LogP contribution in [-0.4, -0.2) is 8.42 Å². The van der Waals surface area contributed by atoms with Gasteiger partial charge in [-0.25, -0.2) is 8.42 Å². The zero-order valence-electron chi connectivity index (χ0n) is 10.7. The molecule has 0 unspecified atom stereocenters.